The lowest BCUT2D eigenvalue weighted by Crippen LogP contribution is -2.32. The van der Waals surface area contributed by atoms with Gasteiger partial charge in [-0.05, 0) is 11.6 Å². The van der Waals surface area contributed by atoms with Crippen molar-refractivity contribution in [2.45, 2.75) is 25.7 Å². The van der Waals surface area contributed by atoms with E-state index < -0.39 is 17.3 Å². The average molecular weight is 425 g/mol. The number of nitrogens with one attached hydrogen (secondary N) is 1. The van der Waals surface area contributed by atoms with E-state index in [4.69, 9.17) is 17.3 Å². The Hall–Kier alpha value is -3.01. The van der Waals surface area contributed by atoms with Crippen LogP contribution in [0.5, 0.6) is 0 Å². The summed E-state index contributed by atoms with van der Waals surface area (Å²) in [7, 11) is 0. The quantitative estimate of drug-likeness (QED) is 0.674. The SMILES string of the molecule is Nc1nn(Cc2ccccc2C(F)(F)F)c2c1CN(c1cn[nH]c(=O)c1Cl)CC2. The second kappa shape index (κ2) is 7.11. The number of hydrogen-bond donors (Lipinski definition) is 2. The van der Waals surface area contributed by atoms with Crippen molar-refractivity contribution in [3.05, 3.63) is 68.2 Å². The van der Waals surface area contributed by atoms with E-state index in [9.17, 15) is 18.0 Å². The molecule has 0 aliphatic carbocycles. The van der Waals surface area contributed by atoms with Crippen LogP contribution in [0.2, 0.25) is 5.02 Å². The van der Waals surface area contributed by atoms with Crippen LogP contribution in [0.15, 0.2) is 35.3 Å². The Labute approximate surface area is 167 Å². The van der Waals surface area contributed by atoms with Gasteiger partial charge in [0.1, 0.15) is 5.02 Å². The number of hydrogen-bond acceptors (Lipinski definition) is 5. The summed E-state index contributed by atoms with van der Waals surface area (Å²) in [5.74, 6) is 0.239. The molecule has 0 amide bonds. The number of fused-ring (bicyclic) bond motifs is 1. The van der Waals surface area contributed by atoms with Crippen LogP contribution in [-0.4, -0.2) is 26.5 Å². The van der Waals surface area contributed by atoms with E-state index in [0.29, 0.717) is 30.8 Å². The van der Waals surface area contributed by atoms with Gasteiger partial charge in [-0.25, -0.2) is 5.10 Å². The molecular weight excluding hydrogens is 409 g/mol. The molecule has 11 heteroatoms. The fourth-order valence-electron chi connectivity index (χ4n) is 3.54. The number of nitrogen functional groups attached to an aromatic ring is 1. The number of anilines is 2. The fraction of sp³-hybridized carbons (Fsp3) is 0.278. The second-order valence-electron chi connectivity index (χ2n) is 6.69. The van der Waals surface area contributed by atoms with E-state index in [1.165, 1.54) is 23.0 Å². The van der Waals surface area contributed by atoms with Crippen LogP contribution in [0.1, 0.15) is 22.4 Å². The van der Waals surface area contributed by atoms with Gasteiger partial charge in [0.25, 0.3) is 5.56 Å². The van der Waals surface area contributed by atoms with Gasteiger partial charge in [-0.3, -0.25) is 9.48 Å². The number of alkyl halides is 3. The van der Waals surface area contributed by atoms with Crippen molar-refractivity contribution in [1.82, 2.24) is 20.0 Å². The maximum absolute atomic E-state index is 13.3. The Morgan fingerprint density at radius 2 is 2.03 bits per heavy atom. The molecule has 152 valence electrons. The number of nitrogens with zero attached hydrogens (tertiary/aromatic N) is 4. The summed E-state index contributed by atoms with van der Waals surface area (Å²) >= 11 is 6.08. The monoisotopic (exact) mass is 424 g/mol. The highest BCUT2D eigenvalue weighted by atomic mass is 35.5. The summed E-state index contributed by atoms with van der Waals surface area (Å²) in [5.41, 5.74) is 6.92. The van der Waals surface area contributed by atoms with Crippen molar-refractivity contribution >= 4 is 23.1 Å². The van der Waals surface area contributed by atoms with Crippen molar-refractivity contribution in [2.75, 3.05) is 17.2 Å². The molecule has 0 bridgehead atoms. The minimum Gasteiger partial charge on any atom is -0.382 e. The first-order valence-electron chi connectivity index (χ1n) is 8.73. The van der Waals surface area contributed by atoms with E-state index in [1.54, 1.807) is 6.07 Å². The number of aromatic amines is 1. The standard InChI is InChI=1S/C18H16ClF3N6O/c19-15-14(7-24-25-17(15)29)27-6-5-13-11(9-27)16(23)26-28(13)8-10-3-1-2-4-12(10)18(20,21)22/h1-4,7H,5-6,8-9H2,(H2,23,26)(H,25,29). The molecule has 29 heavy (non-hydrogen) atoms. The smallest absolute Gasteiger partial charge is 0.382 e. The first-order valence-corrected chi connectivity index (χ1v) is 9.10. The van der Waals surface area contributed by atoms with Crippen LogP contribution >= 0.6 is 11.6 Å². The molecule has 4 rings (SSSR count). The van der Waals surface area contributed by atoms with E-state index in [-0.39, 0.29) is 22.9 Å². The Morgan fingerprint density at radius 3 is 2.79 bits per heavy atom. The third-order valence-electron chi connectivity index (χ3n) is 4.93. The number of H-pyrrole nitrogens is 1. The fourth-order valence-corrected chi connectivity index (χ4v) is 3.76. The highest BCUT2D eigenvalue weighted by Crippen LogP contribution is 2.34. The summed E-state index contributed by atoms with van der Waals surface area (Å²) in [5, 5.41) is 10.3. The topological polar surface area (TPSA) is 92.8 Å². The van der Waals surface area contributed by atoms with Gasteiger partial charge in [0.2, 0.25) is 0 Å². The van der Waals surface area contributed by atoms with Gasteiger partial charge < -0.3 is 10.6 Å². The molecule has 0 unspecified atom stereocenters. The zero-order valence-electron chi connectivity index (χ0n) is 15.0. The molecular formula is C18H16ClF3N6O. The molecule has 1 aliphatic heterocycles. The van der Waals surface area contributed by atoms with E-state index in [2.05, 4.69) is 15.3 Å². The van der Waals surface area contributed by atoms with Crippen LogP contribution in [-0.2, 0) is 25.7 Å². The van der Waals surface area contributed by atoms with Gasteiger partial charge in [0.05, 0.1) is 24.0 Å². The minimum atomic E-state index is -4.45. The Morgan fingerprint density at radius 1 is 1.28 bits per heavy atom. The van der Waals surface area contributed by atoms with Crippen LogP contribution in [0.4, 0.5) is 24.7 Å². The predicted octanol–water partition coefficient (Wildman–Crippen LogP) is 2.83. The minimum absolute atomic E-state index is 0.0218. The van der Waals surface area contributed by atoms with Crippen molar-refractivity contribution in [2.24, 2.45) is 0 Å². The molecule has 7 nitrogen and oxygen atoms in total. The largest absolute Gasteiger partial charge is 0.416 e. The maximum Gasteiger partial charge on any atom is 0.416 e. The molecule has 3 heterocycles. The molecule has 0 atom stereocenters. The zero-order valence-corrected chi connectivity index (χ0v) is 15.8. The van der Waals surface area contributed by atoms with Gasteiger partial charge in [0, 0.05) is 30.8 Å². The van der Waals surface area contributed by atoms with Crippen LogP contribution in [0, 0.1) is 0 Å². The summed E-state index contributed by atoms with van der Waals surface area (Å²) in [4.78, 5) is 13.6. The van der Waals surface area contributed by atoms with E-state index >= 15 is 0 Å². The van der Waals surface area contributed by atoms with Crippen molar-refractivity contribution in [3.8, 4) is 0 Å². The Bertz CT molecular complexity index is 1120. The lowest BCUT2D eigenvalue weighted by molar-refractivity contribution is -0.138. The third kappa shape index (κ3) is 3.55. The molecule has 2 aromatic heterocycles. The molecule has 0 radical (unpaired) electrons. The first-order chi connectivity index (χ1) is 13.8. The van der Waals surface area contributed by atoms with Crippen LogP contribution in [0.3, 0.4) is 0 Å². The maximum atomic E-state index is 13.3. The van der Waals surface area contributed by atoms with Gasteiger partial charge in [0.15, 0.2) is 5.82 Å². The van der Waals surface area contributed by atoms with Crippen LogP contribution < -0.4 is 16.2 Å². The van der Waals surface area contributed by atoms with Gasteiger partial charge in [-0.15, -0.1) is 0 Å². The summed E-state index contributed by atoms with van der Waals surface area (Å²) in [6.45, 7) is 0.777. The summed E-state index contributed by atoms with van der Waals surface area (Å²) < 4.78 is 41.4. The van der Waals surface area contributed by atoms with Crippen LogP contribution in [0.25, 0.3) is 0 Å². The molecule has 3 N–H and O–H groups in total. The van der Waals surface area contributed by atoms with Crippen molar-refractivity contribution in [3.63, 3.8) is 0 Å². The van der Waals surface area contributed by atoms with Gasteiger partial charge in [-0.1, -0.05) is 29.8 Å². The molecule has 0 fully saturated rings. The van der Waals surface area contributed by atoms with Gasteiger partial charge >= 0.3 is 6.18 Å². The lowest BCUT2D eigenvalue weighted by atomic mass is 10.0. The van der Waals surface area contributed by atoms with E-state index in [0.717, 1.165) is 11.8 Å². The van der Waals surface area contributed by atoms with Gasteiger partial charge in [-0.2, -0.15) is 23.4 Å². The molecule has 1 aliphatic rings. The normalized spacial score (nSPS) is 14.1. The molecule has 0 saturated carbocycles. The zero-order chi connectivity index (χ0) is 20.8. The van der Waals surface area contributed by atoms with Crippen molar-refractivity contribution in [1.29, 1.82) is 0 Å². The molecule has 0 spiro atoms. The van der Waals surface area contributed by atoms with E-state index in [1.807, 2.05) is 4.90 Å². The highest BCUT2D eigenvalue weighted by molar-refractivity contribution is 6.33. The van der Waals surface area contributed by atoms with Crippen molar-refractivity contribution < 1.29 is 13.2 Å². The third-order valence-corrected chi connectivity index (χ3v) is 5.29. The highest BCUT2D eigenvalue weighted by Gasteiger charge is 2.33. The number of benzene rings is 1. The molecule has 1 aromatic carbocycles. The second-order valence-corrected chi connectivity index (χ2v) is 7.07. The Kier molecular flexibility index (Phi) is 4.73. The molecule has 0 saturated heterocycles. The predicted molar refractivity (Wildman–Crippen MR) is 102 cm³/mol. The average Bonchev–Trinajstić information content (AvgIpc) is 2.98. The summed E-state index contributed by atoms with van der Waals surface area (Å²) in [6, 6.07) is 5.41. The lowest BCUT2D eigenvalue weighted by Gasteiger charge is -2.29. The first kappa shape index (κ1) is 19.3. The number of aromatic nitrogens is 4. The number of rotatable bonds is 3. The Balaban J connectivity index is 1.66. The molecule has 3 aromatic rings. The number of nitrogens with two attached hydrogens (primary N) is 1. The number of halogens is 4. The summed E-state index contributed by atoms with van der Waals surface area (Å²) in [6.07, 6.45) is -2.51.